The molecule has 32 heavy (non-hydrogen) atoms. The molecule has 5 aliphatic rings. The van der Waals surface area contributed by atoms with Crippen LogP contribution in [0.4, 0.5) is 0 Å². The van der Waals surface area contributed by atoms with Gasteiger partial charge in [0.15, 0.2) is 0 Å². The van der Waals surface area contributed by atoms with E-state index in [-0.39, 0.29) is 16.7 Å². The van der Waals surface area contributed by atoms with Gasteiger partial charge in [0.2, 0.25) is 0 Å². The van der Waals surface area contributed by atoms with Crippen molar-refractivity contribution in [2.45, 2.75) is 119 Å². The smallest absolute Gasteiger partial charge is 0.136 e. The summed E-state index contributed by atoms with van der Waals surface area (Å²) in [6.07, 6.45) is 13.6. The zero-order valence-corrected chi connectivity index (χ0v) is 22.2. The number of Topliss-reactive ketones (excluding diaryl/α,β-unsaturated/α-hetero) is 1. The highest BCUT2D eigenvalue weighted by Crippen LogP contribution is 2.78. The van der Waals surface area contributed by atoms with Crippen LogP contribution in [0.5, 0.6) is 0 Å². The Hall–Kier alpha value is -0.370. The predicted molar refractivity (Wildman–Crippen MR) is 131 cm³/mol. The van der Waals surface area contributed by atoms with Gasteiger partial charge in [0.25, 0.3) is 0 Å². The van der Waals surface area contributed by atoms with Crippen LogP contribution in [0.3, 0.4) is 0 Å². The second-order valence-corrected chi connectivity index (χ2v) is 15.1. The average Bonchev–Trinajstić information content (AvgIpc) is 2.75. The van der Waals surface area contributed by atoms with E-state index in [0.717, 1.165) is 24.7 Å². The minimum absolute atomic E-state index is 0.108. The fourth-order valence-electron chi connectivity index (χ4n) is 11.2. The van der Waals surface area contributed by atoms with E-state index in [1.165, 1.54) is 57.8 Å². The third kappa shape index (κ3) is 2.71. The molecule has 0 aromatic carbocycles. The standard InChI is InChI=1S/C30H50O2/c1-20-21(32)8-9-22-27(20,4)11-10-23-28(22,5)15-17-30(7)24-18-25(2,19-31)12-13-26(24,3)14-16-29(23,30)6/h20,22-24,31H,8-19H2,1-7H3/t20?,22-,23+,24-,25-,26-,27-,28+,29-,30+/m1/s1. The highest BCUT2D eigenvalue weighted by Gasteiger charge is 2.70. The first-order chi connectivity index (χ1) is 14.8. The lowest BCUT2D eigenvalue weighted by Crippen LogP contribution is -2.67. The minimum Gasteiger partial charge on any atom is -0.396 e. The molecule has 0 aliphatic heterocycles. The van der Waals surface area contributed by atoms with E-state index >= 15 is 0 Å². The molecule has 0 spiro atoms. The van der Waals surface area contributed by atoms with Crippen LogP contribution in [0.25, 0.3) is 0 Å². The van der Waals surface area contributed by atoms with Crippen LogP contribution in [0, 0.1) is 56.2 Å². The van der Waals surface area contributed by atoms with Crippen LogP contribution in [-0.2, 0) is 4.79 Å². The van der Waals surface area contributed by atoms with Crippen molar-refractivity contribution in [3.63, 3.8) is 0 Å². The van der Waals surface area contributed by atoms with Gasteiger partial charge < -0.3 is 5.11 Å². The molecule has 1 N–H and O–H groups in total. The van der Waals surface area contributed by atoms with Crippen molar-refractivity contribution in [1.29, 1.82) is 0 Å². The first-order valence-corrected chi connectivity index (χ1v) is 13.9. The van der Waals surface area contributed by atoms with Crippen LogP contribution < -0.4 is 0 Å². The lowest BCUT2D eigenvalue weighted by Gasteiger charge is -2.74. The highest BCUT2D eigenvalue weighted by atomic mass is 16.3. The van der Waals surface area contributed by atoms with Gasteiger partial charge in [0.05, 0.1) is 0 Å². The zero-order valence-electron chi connectivity index (χ0n) is 22.2. The van der Waals surface area contributed by atoms with Crippen molar-refractivity contribution in [3.05, 3.63) is 0 Å². The van der Waals surface area contributed by atoms with E-state index in [4.69, 9.17) is 0 Å². The lowest BCUT2D eigenvalue weighted by molar-refractivity contribution is -0.258. The second-order valence-electron chi connectivity index (χ2n) is 15.1. The molecular formula is C30H50O2. The van der Waals surface area contributed by atoms with E-state index in [1.54, 1.807) is 0 Å². The summed E-state index contributed by atoms with van der Waals surface area (Å²) in [7, 11) is 0. The summed E-state index contributed by atoms with van der Waals surface area (Å²) < 4.78 is 0. The number of hydrogen-bond acceptors (Lipinski definition) is 2. The fraction of sp³-hybridized carbons (Fsp3) is 0.967. The van der Waals surface area contributed by atoms with Gasteiger partial charge >= 0.3 is 0 Å². The first kappa shape index (κ1) is 23.4. The Balaban J connectivity index is 1.54. The lowest BCUT2D eigenvalue weighted by atomic mass is 9.30. The van der Waals surface area contributed by atoms with Crippen LogP contribution in [0.15, 0.2) is 0 Å². The van der Waals surface area contributed by atoms with Crippen molar-refractivity contribution in [2.24, 2.45) is 56.2 Å². The van der Waals surface area contributed by atoms with Crippen LogP contribution in [0.2, 0.25) is 0 Å². The number of hydrogen-bond donors (Lipinski definition) is 1. The normalized spacial score (nSPS) is 60.1. The molecule has 5 rings (SSSR count). The summed E-state index contributed by atoms with van der Waals surface area (Å²) >= 11 is 0. The molecule has 2 heteroatoms. The largest absolute Gasteiger partial charge is 0.396 e. The summed E-state index contributed by atoms with van der Waals surface area (Å²) in [4.78, 5) is 12.7. The van der Waals surface area contributed by atoms with Crippen LogP contribution in [-0.4, -0.2) is 17.5 Å². The van der Waals surface area contributed by atoms with E-state index < -0.39 is 0 Å². The Kier molecular flexibility index (Phi) is 5.01. The van der Waals surface area contributed by atoms with Crippen LogP contribution in [0.1, 0.15) is 119 Å². The topological polar surface area (TPSA) is 37.3 Å². The number of aliphatic hydroxyl groups is 1. The quantitative estimate of drug-likeness (QED) is 0.458. The Morgan fingerprint density at radius 2 is 1.38 bits per heavy atom. The Labute approximate surface area is 197 Å². The van der Waals surface area contributed by atoms with Gasteiger partial charge in [-0.1, -0.05) is 48.5 Å². The number of aliphatic hydroxyl groups excluding tert-OH is 1. The maximum absolute atomic E-state index is 12.7. The molecule has 0 radical (unpaired) electrons. The molecule has 5 aliphatic carbocycles. The number of rotatable bonds is 1. The summed E-state index contributed by atoms with van der Waals surface area (Å²) in [5, 5.41) is 10.3. The summed E-state index contributed by atoms with van der Waals surface area (Å²) in [5.74, 6) is 2.96. The second kappa shape index (κ2) is 6.86. The SMILES string of the molecule is CC1C(=O)CC[C@H]2[C@]3(C)CC[C@@]4(C)[C@@H]5C[C@](C)(CO)CC[C@]5(C)CC[C@]4(C)[C@H]3CC[C@]12C. The third-order valence-electron chi connectivity index (χ3n) is 14.0. The molecule has 1 unspecified atom stereocenters. The van der Waals surface area contributed by atoms with E-state index in [1.807, 2.05) is 0 Å². The molecule has 5 saturated carbocycles. The number of carbonyl (C=O) groups excluding carboxylic acids is 1. The van der Waals surface area contributed by atoms with Gasteiger partial charge in [0.1, 0.15) is 5.78 Å². The summed E-state index contributed by atoms with van der Waals surface area (Å²) in [5.41, 5.74) is 1.88. The van der Waals surface area contributed by atoms with Gasteiger partial charge in [-0.3, -0.25) is 4.79 Å². The Morgan fingerprint density at radius 3 is 2.06 bits per heavy atom. The molecule has 182 valence electrons. The van der Waals surface area contributed by atoms with Crippen molar-refractivity contribution < 1.29 is 9.90 Å². The van der Waals surface area contributed by atoms with Crippen LogP contribution >= 0.6 is 0 Å². The highest BCUT2D eigenvalue weighted by molar-refractivity contribution is 5.82. The molecule has 0 bridgehead atoms. The number of fused-ring (bicyclic) bond motifs is 7. The third-order valence-corrected chi connectivity index (χ3v) is 14.0. The van der Waals surface area contributed by atoms with Crippen molar-refractivity contribution in [2.75, 3.05) is 6.61 Å². The van der Waals surface area contributed by atoms with Crippen molar-refractivity contribution in [3.8, 4) is 0 Å². The molecule has 5 fully saturated rings. The molecule has 0 heterocycles. The van der Waals surface area contributed by atoms with E-state index in [9.17, 15) is 9.90 Å². The summed E-state index contributed by atoms with van der Waals surface area (Å²) in [6.45, 7) is 18.0. The molecule has 0 aromatic rings. The molecule has 0 amide bonds. The minimum atomic E-state index is 0.108. The van der Waals surface area contributed by atoms with Crippen molar-refractivity contribution >= 4 is 5.78 Å². The van der Waals surface area contributed by atoms with Gasteiger partial charge in [-0.25, -0.2) is 0 Å². The maximum Gasteiger partial charge on any atom is 0.136 e. The Bertz CT molecular complexity index is 805. The predicted octanol–water partition coefficient (Wildman–Crippen LogP) is 7.43. The molecule has 0 saturated heterocycles. The van der Waals surface area contributed by atoms with Gasteiger partial charge in [-0.15, -0.1) is 0 Å². The zero-order chi connectivity index (χ0) is 23.4. The first-order valence-electron chi connectivity index (χ1n) is 13.9. The van der Waals surface area contributed by atoms with E-state index in [2.05, 4.69) is 48.5 Å². The number of carbonyl (C=O) groups is 1. The fourth-order valence-corrected chi connectivity index (χ4v) is 11.2. The maximum atomic E-state index is 12.7. The summed E-state index contributed by atoms with van der Waals surface area (Å²) in [6, 6.07) is 0. The van der Waals surface area contributed by atoms with E-state index in [0.29, 0.717) is 40.0 Å². The molecule has 0 aromatic heterocycles. The molecule has 10 atom stereocenters. The van der Waals surface area contributed by atoms with Crippen molar-refractivity contribution in [1.82, 2.24) is 0 Å². The van der Waals surface area contributed by atoms with Gasteiger partial charge in [-0.2, -0.15) is 0 Å². The average molecular weight is 443 g/mol. The molecule has 2 nitrogen and oxygen atoms in total. The van der Waals surface area contributed by atoms with Gasteiger partial charge in [0, 0.05) is 18.9 Å². The van der Waals surface area contributed by atoms with Gasteiger partial charge in [-0.05, 0) is 114 Å². The molecular weight excluding hydrogens is 392 g/mol. The number of ketones is 1. The monoisotopic (exact) mass is 442 g/mol. The Morgan fingerprint density at radius 1 is 0.750 bits per heavy atom.